The molecule has 0 radical (unpaired) electrons. The fourth-order valence-corrected chi connectivity index (χ4v) is 1.62. The predicted octanol–water partition coefficient (Wildman–Crippen LogP) is 2.61. The molecule has 1 aromatic carbocycles. The minimum atomic E-state index is 0.369. The number of nitrogens with two attached hydrogens (primary N) is 1. The Bertz CT molecular complexity index is 643. The van der Waals surface area contributed by atoms with Gasteiger partial charge in [-0.1, -0.05) is 18.7 Å². The van der Waals surface area contributed by atoms with E-state index in [0.29, 0.717) is 12.6 Å². The van der Waals surface area contributed by atoms with Crippen molar-refractivity contribution < 1.29 is 4.74 Å². The first-order chi connectivity index (χ1) is 9.54. The maximum Gasteiger partial charge on any atom is 0.221 e. The SMILES string of the molecule is C=C(C)COc1cccc(C=Nn2cc(C)nc2N)c1. The number of benzene rings is 1. The van der Waals surface area contributed by atoms with Gasteiger partial charge < -0.3 is 10.5 Å². The third-order valence-corrected chi connectivity index (χ3v) is 2.51. The zero-order valence-electron chi connectivity index (χ0n) is 11.7. The van der Waals surface area contributed by atoms with Gasteiger partial charge in [0.2, 0.25) is 5.95 Å². The van der Waals surface area contributed by atoms with Crippen molar-refractivity contribution in [2.45, 2.75) is 13.8 Å². The molecule has 0 unspecified atom stereocenters. The standard InChI is InChI=1S/C15H18N4O/c1-11(2)10-20-14-6-4-5-13(7-14)8-17-19-9-12(3)18-15(19)16/h4-9H,1,10H2,2-3H3,(H2,16,18). The third-order valence-electron chi connectivity index (χ3n) is 2.51. The number of imidazole rings is 1. The number of aryl methyl sites for hydroxylation is 1. The molecule has 5 heteroatoms. The quantitative estimate of drug-likeness (QED) is 0.671. The van der Waals surface area contributed by atoms with Crippen LogP contribution in [0.2, 0.25) is 0 Å². The summed E-state index contributed by atoms with van der Waals surface area (Å²) in [5.41, 5.74) is 8.46. The van der Waals surface area contributed by atoms with E-state index in [4.69, 9.17) is 10.5 Å². The van der Waals surface area contributed by atoms with E-state index >= 15 is 0 Å². The molecule has 104 valence electrons. The number of anilines is 1. The van der Waals surface area contributed by atoms with Crippen LogP contribution < -0.4 is 10.5 Å². The zero-order valence-corrected chi connectivity index (χ0v) is 11.7. The van der Waals surface area contributed by atoms with E-state index in [9.17, 15) is 0 Å². The molecule has 5 nitrogen and oxygen atoms in total. The minimum absolute atomic E-state index is 0.369. The monoisotopic (exact) mass is 270 g/mol. The van der Waals surface area contributed by atoms with Crippen LogP contribution in [0.15, 0.2) is 47.7 Å². The highest BCUT2D eigenvalue weighted by Gasteiger charge is 1.99. The Labute approximate surface area is 118 Å². The summed E-state index contributed by atoms with van der Waals surface area (Å²) in [4.78, 5) is 4.08. The predicted molar refractivity (Wildman–Crippen MR) is 81.1 cm³/mol. The third kappa shape index (κ3) is 3.71. The molecule has 0 atom stereocenters. The molecule has 2 N–H and O–H groups in total. The second-order valence-electron chi connectivity index (χ2n) is 4.65. The summed E-state index contributed by atoms with van der Waals surface area (Å²) < 4.78 is 7.12. The van der Waals surface area contributed by atoms with Crippen LogP contribution in [0, 0.1) is 6.92 Å². The Hall–Kier alpha value is -2.56. The number of hydrogen-bond acceptors (Lipinski definition) is 4. The molecule has 0 fully saturated rings. The van der Waals surface area contributed by atoms with Crippen molar-refractivity contribution in [1.82, 2.24) is 9.66 Å². The van der Waals surface area contributed by atoms with Crippen molar-refractivity contribution in [3.8, 4) is 5.75 Å². The van der Waals surface area contributed by atoms with Gasteiger partial charge in [-0.2, -0.15) is 5.10 Å². The van der Waals surface area contributed by atoms with Crippen LogP contribution >= 0.6 is 0 Å². The summed E-state index contributed by atoms with van der Waals surface area (Å²) in [7, 11) is 0. The average molecular weight is 270 g/mol. The molecule has 2 aromatic rings. The lowest BCUT2D eigenvalue weighted by Crippen LogP contribution is -1.99. The second-order valence-corrected chi connectivity index (χ2v) is 4.65. The molecule has 0 amide bonds. The summed E-state index contributed by atoms with van der Waals surface area (Å²) in [6.45, 7) is 8.11. The normalized spacial score (nSPS) is 10.9. The molecule has 0 aliphatic heterocycles. The van der Waals surface area contributed by atoms with E-state index in [1.165, 1.54) is 4.68 Å². The second kappa shape index (κ2) is 6.06. The number of ether oxygens (including phenoxy) is 1. The van der Waals surface area contributed by atoms with Crippen molar-refractivity contribution in [3.05, 3.63) is 53.9 Å². The lowest BCUT2D eigenvalue weighted by atomic mass is 10.2. The van der Waals surface area contributed by atoms with Gasteiger partial charge in [0.1, 0.15) is 12.4 Å². The molecule has 0 spiro atoms. The van der Waals surface area contributed by atoms with Gasteiger partial charge in [0.25, 0.3) is 0 Å². The molecular formula is C15H18N4O. The van der Waals surface area contributed by atoms with Crippen molar-refractivity contribution in [1.29, 1.82) is 0 Å². The fraction of sp³-hybridized carbons (Fsp3) is 0.200. The van der Waals surface area contributed by atoms with Gasteiger partial charge in [-0.15, -0.1) is 0 Å². The van der Waals surface area contributed by atoms with Gasteiger partial charge in [-0.25, -0.2) is 9.66 Å². The van der Waals surface area contributed by atoms with E-state index in [1.54, 1.807) is 12.4 Å². The van der Waals surface area contributed by atoms with Crippen LogP contribution in [0.1, 0.15) is 18.2 Å². The molecule has 0 saturated heterocycles. The summed E-state index contributed by atoms with van der Waals surface area (Å²) in [5.74, 6) is 1.15. The zero-order chi connectivity index (χ0) is 14.5. The summed E-state index contributed by atoms with van der Waals surface area (Å²) in [6, 6.07) is 7.66. The summed E-state index contributed by atoms with van der Waals surface area (Å²) in [5, 5.41) is 4.26. The average Bonchev–Trinajstić information content (AvgIpc) is 2.73. The Balaban J connectivity index is 2.11. The highest BCUT2D eigenvalue weighted by atomic mass is 16.5. The summed E-state index contributed by atoms with van der Waals surface area (Å²) >= 11 is 0. The molecule has 20 heavy (non-hydrogen) atoms. The van der Waals surface area contributed by atoms with Gasteiger partial charge in [0.05, 0.1) is 18.1 Å². The van der Waals surface area contributed by atoms with E-state index in [0.717, 1.165) is 22.6 Å². The summed E-state index contributed by atoms with van der Waals surface area (Å²) in [6.07, 6.45) is 3.48. The number of rotatable bonds is 5. The Morgan fingerprint density at radius 2 is 2.35 bits per heavy atom. The maximum atomic E-state index is 5.72. The first-order valence-corrected chi connectivity index (χ1v) is 6.27. The van der Waals surface area contributed by atoms with Gasteiger partial charge in [-0.3, -0.25) is 0 Å². The van der Waals surface area contributed by atoms with Crippen LogP contribution in [0.4, 0.5) is 5.95 Å². The van der Waals surface area contributed by atoms with Crippen LogP contribution in [0.3, 0.4) is 0 Å². The van der Waals surface area contributed by atoms with Gasteiger partial charge in [-0.05, 0) is 37.1 Å². The minimum Gasteiger partial charge on any atom is -0.489 e. The Kier molecular flexibility index (Phi) is 4.20. The van der Waals surface area contributed by atoms with Crippen molar-refractivity contribution in [2.24, 2.45) is 5.10 Å². The maximum absolute atomic E-state index is 5.72. The van der Waals surface area contributed by atoms with E-state index in [-0.39, 0.29) is 0 Å². The molecule has 0 aliphatic carbocycles. The fourth-order valence-electron chi connectivity index (χ4n) is 1.62. The van der Waals surface area contributed by atoms with Gasteiger partial charge in [0.15, 0.2) is 0 Å². The van der Waals surface area contributed by atoms with Gasteiger partial charge in [0, 0.05) is 0 Å². The van der Waals surface area contributed by atoms with Crippen molar-refractivity contribution in [3.63, 3.8) is 0 Å². The molecule has 0 saturated carbocycles. The van der Waals surface area contributed by atoms with Crippen LogP contribution in [0.25, 0.3) is 0 Å². The topological polar surface area (TPSA) is 65.4 Å². The number of nitrogen functional groups attached to an aromatic ring is 1. The highest BCUT2D eigenvalue weighted by molar-refractivity contribution is 5.80. The van der Waals surface area contributed by atoms with E-state index in [1.807, 2.05) is 38.1 Å². The molecule has 1 aromatic heterocycles. The molecular weight excluding hydrogens is 252 g/mol. The van der Waals surface area contributed by atoms with Crippen LogP contribution in [-0.2, 0) is 0 Å². The molecule has 2 rings (SSSR count). The Morgan fingerprint density at radius 3 is 3.00 bits per heavy atom. The first-order valence-electron chi connectivity index (χ1n) is 6.27. The number of nitrogens with zero attached hydrogens (tertiary/aromatic N) is 3. The number of hydrogen-bond donors (Lipinski definition) is 1. The van der Waals surface area contributed by atoms with Crippen LogP contribution in [-0.4, -0.2) is 22.5 Å². The van der Waals surface area contributed by atoms with Crippen molar-refractivity contribution >= 4 is 12.2 Å². The Morgan fingerprint density at radius 1 is 1.55 bits per heavy atom. The smallest absolute Gasteiger partial charge is 0.221 e. The highest BCUT2D eigenvalue weighted by Crippen LogP contribution is 2.13. The molecule has 0 aliphatic rings. The lowest BCUT2D eigenvalue weighted by molar-refractivity contribution is 0.352. The first kappa shape index (κ1) is 13.9. The molecule has 1 heterocycles. The van der Waals surface area contributed by atoms with Crippen molar-refractivity contribution in [2.75, 3.05) is 12.3 Å². The van der Waals surface area contributed by atoms with E-state index < -0.39 is 0 Å². The van der Waals surface area contributed by atoms with Gasteiger partial charge >= 0.3 is 0 Å². The van der Waals surface area contributed by atoms with E-state index in [2.05, 4.69) is 16.7 Å². The van der Waals surface area contributed by atoms with Crippen LogP contribution in [0.5, 0.6) is 5.75 Å². The molecule has 0 bridgehead atoms. The number of aromatic nitrogens is 2. The largest absolute Gasteiger partial charge is 0.489 e. The lowest BCUT2D eigenvalue weighted by Gasteiger charge is -2.05.